The third-order valence-corrected chi connectivity index (χ3v) is 5.95. The molecule has 1 saturated heterocycles. The van der Waals surface area contributed by atoms with Crippen LogP contribution >= 0.6 is 47.2 Å². The predicted molar refractivity (Wildman–Crippen MR) is 120 cm³/mol. The van der Waals surface area contributed by atoms with E-state index in [1.807, 2.05) is 0 Å². The highest BCUT2D eigenvalue weighted by Gasteiger charge is 2.34. The van der Waals surface area contributed by atoms with Gasteiger partial charge in [-0.3, -0.25) is 24.6 Å². The molecule has 30 heavy (non-hydrogen) atoms. The number of aromatic hydroxyl groups is 1. The Kier molecular flexibility index (Phi) is 6.61. The van der Waals surface area contributed by atoms with Gasteiger partial charge in [0, 0.05) is 27.7 Å². The summed E-state index contributed by atoms with van der Waals surface area (Å²) >= 11 is 18.4. The molecule has 154 valence electrons. The monoisotopic (exact) mass is 483 g/mol. The summed E-state index contributed by atoms with van der Waals surface area (Å²) in [5.74, 6) is -1.56. The van der Waals surface area contributed by atoms with E-state index in [2.05, 4.69) is 5.32 Å². The first-order valence-electron chi connectivity index (χ1n) is 8.14. The van der Waals surface area contributed by atoms with E-state index in [4.69, 9.17) is 35.4 Å². The Bertz CT molecular complexity index is 1100. The van der Waals surface area contributed by atoms with E-state index in [0.717, 1.165) is 34.9 Å². The van der Waals surface area contributed by atoms with Gasteiger partial charge in [-0.05, 0) is 24.3 Å². The minimum Gasteiger partial charge on any atom is -0.506 e. The molecule has 1 heterocycles. The maximum Gasteiger partial charge on any atom is 0.271 e. The number of anilines is 1. The third-order valence-electron chi connectivity index (χ3n) is 3.92. The van der Waals surface area contributed by atoms with Crippen LogP contribution in [0, 0.1) is 10.1 Å². The third kappa shape index (κ3) is 4.73. The SMILES string of the molecule is O=C(CN1C(=O)/C(=C\c2c(Cl)cccc2Cl)SC1=S)Nc1cc([N+](=O)[O-])ccc1O. The van der Waals surface area contributed by atoms with Gasteiger partial charge in [0.2, 0.25) is 5.91 Å². The molecule has 1 fully saturated rings. The number of phenols is 1. The number of phenolic OH excluding ortho intramolecular Hbond substituents is 1. The van der Waals surface area contributed by atoms with Crippen molar-refractivity contribution in [2.24, 2.45) is 0 Å². The lowest BCUT2D eigenvalue weighted by Crippen LogP contribution is -2.36. The number of amides is 2. The fraction of sp³-hybridized carbons (Fsp3) is 0.0556. The van der Waals surface area contributed by atoms with Gasteiger partial charge in [-0.1, -0.05) is 53.2 Å². The van der Waals surface area contributed by atoms with Gasteiger partial charge in [0.05, 0.1) is 15.5 Å². The number of nitro groups is 1. The predicted octanol–water partition coefficient (Wildman–Crippen LogP) is 4.45. The van der Waals surface area contributed by atoms with Crippen molar-refractivity contribution < 1.29 is 19.6 Å². The second-order valence-corrected chi connectivity index (χ2v) is 8.40. The van der Waals surface area contributed by atoms with Crippen LogP contribution in [0.15, 0.2) is 41.3 Å². The fourth-order valence-corrected chi connectivity index (χ4v) is 4.23. The maximum absolute atomic E-state index is 12.7. The maximum atomic E-state index is 12.7. The summed E-state index contributed by atoms with van der Waals surface area (Å²) in [5.41, 5.74) is -0.0152. The summed E-state index contributed by atoms with van der Waals surface area (Å²) in [6, 6.07) is 8.11. The molecule has 0 atom stereocenters. The average Bonchev–Trinajstić information content (AvgIpc) is 2.93. The average molecular weight is 484 g/mol. The molecule has 12 heteroatoms. The van der Waals surface area contributed by atoms with Crippen LogP contribution in [0.2, 0.25) is 10.0 Å². The number of nitrogens with one attached hydrogen (secondary N) is 1. The summed E-state index contributed by atoms with van der Waals surface area (Å²) in [6.07, 6.45) is 1.49. The largest absolute Gasteiger partial charge is 0.506 e. The molecule has 0 spiro atoms. The van der Waals surface area contributed by atoms with Crippen LogP contribution in [0.3, 0.4) is 0 Å². The number of hydrogen-bond acceptors (Lipinski definition) is 7. The van der Waals surface area contributed by atoms with Crippen molar-refractivity contribution in [3.63, 3.8) is 0 Å². The van der Waals surface area contributed by atoms with Gasteiger partial charge in [-0.25, -0.2) is 0 Å². The number of thiocarbonyl (C=S) groups is 1. The van der Waals surface area contributed by atoms with E-state index < -0.39 is 23.3 Å². The number of nitrogens with zero attached hydrogens (tertiary/aromatic N) is 2. The lowest BCUT2D eigenvalue weighted by molar-refractivity contribution is -0.384. The van der Waals surface area contributed by atoms with E-state index in [1.54, 1.807) is 18.2 Å². The molecular weight excluding hydrogens is 473 g/mol. The van der Waals surface area contributed by atoms with Crippen molar-refractivity contribution >= 4 is 80.8 Å². The van der Waals surface area contributed by atoms with Gasteiger partial charge in [-0.2, -0.15) is 0 Å². The highest BCUT2D eigenvalue weighted by Crippen LogP contribution is 2.36. The van der Waals surface area contributed by atoms with Crippen LogP contribution in [0.1, 0.15) is 5.56 Å². The molecule has 2 aromatic carbocycles. The highest BCUT2D eigenvalue weighted by molar-refractivity contribution is 8.26. The molecule has 3 rings (SSSR count). The molecular formula is C18H11Cl2N3O5S2. The van der Waals surface area contributed by atoms with Crippen LogP contribution < -0.4 is 5.32 Å². The molecule has 0 aliphatic carbocycles. The number of halogens is 2. The second-order valence-electron chi connectivity index (χ2n) is 5.91. The zero-order valence-electron chi connectivity index (χ0n) is 14.8. The zero-order valence-corrected chi connectivity index (χ0v) is 17.9. The van der Waals surface area contributed by atoms with E-state index in [0.29, 0.717) is 15.6 Å². The summed E-state index contributed by atoms with van der Waals surface area (Å²) in [4.78, 5) is 36.5. The Morgan fingerprint density at radius 2 is 1.97 bits per heavy atom. The minimum atomic E-state index is -0.695. The molecule has 1 aliphatic rings. The van der Waals surface area contributed by atoms with Crippen molar-refractivity contribution in [2.75, 3.05) is 11.9 Å². The molecule has 0 unspecified atom stereocenters. The Balaban J connectivity index is 1.76. The van der Waals surface area contributed by atoms with Gasteiger partial charge in [0.25, 0.3) is 11.6 Å². The molecule has 0 saturated carbocycles. The molecule has 0 bridgehead atoms. The van der Waals surface area contributed by atoms with Gasteiger partial charge < -0.3 is 10.4 Å². The summed E-state index contributed by atoms with van der Waals surface area (Å²) in [5, 5.41) is 23.7. The summed E-state index contributed by atoms with van der Waals surface area (Å²) < 4.78 is 0.146. The summed E-state index contributed by atoms with van der Waals surface area (Å²) in [6.45, 7) is -0.444. The number of non-ortho nitro benzene ring substituents is 1. The normalized spacial score (nSPS) is 15.0. The number of rotatable bonds is 5. The van der Waals surface area contributed by atoms with Crippen molar-refractivity contribution in [1.29, 1.82) is 0 Å². The lowest BCUT2D eigenvalue weighted by Gasteiger charge is -2.14. The first-order chi connectivity index (χ1) is 14.2. The van der Waals surface area contributed by atoms with Crippen LogP contribution in [0.5, 0.6) is 5.75 Å². The molecule has 2 aromatic rings. The van der Waals surface area contributed by atoms with E-state index >= 15 is 0 Å². The van der Waals surface area contributed by atoms with Crippen molar-refractivity contribution in [1.82, 2.24) is 4.90 Å². The van der Waals surface area contributed by atoms with E-state index in [9.17, 15) is 24.8 Å². The molecule has 8 nitrogen and oxygen atoms in total. The van der Waals surface area contributed by atoms with Gasteiger partial charge in [0.1, 0.15) is 16.6 Å². The smallest absolute Gasteiger partial charge is 0.271 e. The number of hydrogen-bond donors (Lipinski definition) is 2. The van der Waals surface area contributed by atoms with Crippen molar-refractivity contribution in [2.45, 2.75) is 0 Å². The number of thioether (sulfide) groups is 1. The van der Waals surface area contributed by atoms with Gasteiger partial charge in [0.15, 0.2) is 0 Å². The Morgan fingerprint density at radius 1 is 1.30 bits per heavy atom. The molecule has 1 aliphatic heterocycles. The molecule has 0 radical (unpaired) electrons. The number of nitro benzene ring substituents is 1. The molecule has 2 N–H and O–H groups in total. The molecule has 2 amide bonds. The fourth-order valence-electron chi connectivity index (χ4n) is 2.49. The van der Waals surface area contributed by atoms with Gasteiger partial charge >= 0.3 is 0 Å². The Morgan fingerprint density at radius 3 is 2.60 bits per heavy atom. The number of carbonyl (C=O) groups excluding carboxylic acids is 2. The van der Waals surface area contributed by atoms with Crippen LogP contribution in [0.25, 0.3) is 6.08 Å². The topological polar surface area (TPSA) is 113 Å². The van der Waals surface area contributed by atoms with E-state index in [-0.39, 0.29) is 26.3 Å². The Labute approximate surface area is 189 Å². The minimum absolute atomic E-state index is 0.146. The standard InChI is InChI=1S/C18H11Cl2N3O5S2/c19-11-2-1-3-12(20)10(11)7-15-17(26)22(18(29)30-15)8-16(25)21-13-6-9(23(27)28)4-5-14(13)24/h1-7,24H,8H2,(H,21,25)/b15-7+. The lowest BCUT2D eigenvalue weighted by atomic mass is 10.2. The zero-order chi connectivity index (χ0) is 22.0. The van der Waals surface area contributed by atoms with Crippen molar-refractivity contribution in [3.05, 3.63) is 67.0 Å². The first kappa shape index (κ1) is 22.0. The van der Waals surface area contributed by atoms with E-state index in [1.165, 1.54) is 6.08 Å². The summed E-state index contributed by atoms with van der Waals surface area (Å²) in [7, 11) is 0. The van der Waals surface area contributed by atoms with Crippen LogP contribution in [0.4, 0.5) is 11.4 Å². The first-order valence-corrected chi connectivity index (χ1v) is 10.1. The quantitative estimate of drug-likeness (QED) is 0.212. The number of carbonyl (C=O) groups is 2. The molecule has 0 aromatic heterocycles. The van der Waals surface area contributed by atoms with Crippen molar-refractivity contribution in [3.8, 4) is 5.75 Å². The highest BCUT2D eigenvalue weighted by atomic mass is 35.5. The van der Waals surface area contributed by atoms with Crippen LogP contribution in [-0.4, -0.2) is 37.6 Å². The van der Waals surface area contributed by atoms with Gasteiger partial charge in [-0.15, -0.1) is 0 Å². The second kappa shape index (κ2) is 9.00. The number of benzene rings is 2. The van der Waals surface area contributed by atoms with Crippen LogP contribution in [-0.2, 0) is 9.59 Å². The Hall–Kier alpha value is -2.66.